The first-order valence-corrected chi connectivity index (χ1v) is 9.03. The van der Waals surface area contributed by atoms with E-state index < -0.39 is 0 Å². The van der Waals surface area contributed by atoms with Crippen molar-refractivity contribution in [3.05, 3.63) is 0 Å². The van der Waals surface area contributed by atoms with Gasteiger partial charge in [-0.05, 0) is 68.1 Å². The van der Waals surface area contributed by atoms with Gasteiger partial charge in [0.15, 0.2) is 0 Å². The third kappa shape index (κ3) is 2.08. The number of fused-ring (bicyclic) bond motifs is 3. The molecule has 21 heavy (non-hydrogen) atoms. The molecule has 0 bridgehead atoms. The number of esters is 1. The minimum absolute atomic E-state index is 0.0416. The molecular weight excluding hydrogens is 260 g/mol. The highest BCUT2D eigenvalue weighted by atomic mass is 16.5. The third-order valence-electron chi connectivity index (χ3n) is 7.86. The van der Waals surface area contributed by atoms with Crippen LogP contribution >= 0.6 is 0 Å². The molecule has 3 aliphatic carbocycles. The number of ether oxygens (including phenoxy) is 1. The molecule has 0 radical (unpaired) electrons. The van der Waals surface area contributed by atoms with Gasteiger partial charge in [-0.1, -0.05) is 33.1 Å². The van der Waals surface area contributed by atoms with Crippen molar-refractivity contribution in [2.75, 3.05) is 7.11 Å². The number of carbonyl (C=O) groups is 1. The molecule has 0 aromatic heterocycles. The number of carbonyl (C=O) groups excluding carboxylic acids is 1. The number of hydrogen-bond donors (Lipinski definition) is 0. The predicted octanol–water partition coefficient (Wildman–Crippen LogP) is 4.82. The third-order valence-corrected chi connectivity index (χ3v) is 7.86. The molecule has 3 saturated carbocycles. The number of methoxy groups -OCH3 is 1. The molecule has 0 aromatic carbocycles. The molecule has 0 N–H and O–H groups in total. The van der Waals surface area contributed by atoms with Crippen molar-refractivity contribution < 1.29 is 9.53 Å². The predicted molar refractivity (Wildman–Crippen MR) is 84.8 cm³/mol. The van der Waals surface area contributed by atoms with Gasteiger partial charge >= 0.3 is 5.97 Å². The van der Waals surface area contributed by atoms with Crippen LogP contribution in [0.4, 0.5) is 0 Å². The van der Waals surface area contributed by atoms with Crippen LogP contribution in [0, 0.1) is 34.5 Å². The van der Waals surface area contributed by atoms with Crippen LogP contribution in [0.2, 0.25) is 0 Å². The van der Waals surface area contributed by atoms with Crippen LogP contribution in [0.5, 0.6) is 0 Å². The summed E-state index contributed by atoms with van der Waals surface area (Å²) in [6, 6.07) is 0. The molecule has 0 aromatic rings. The van der Waals surface area contributed by atoms with Gasteiger partial charge in [0, 0.05) is 0 Å². The Morgan fingerprint density at radius 3 is 2.48 bits per heavy atom. The average molecular weight is 292 g/mol. The van der Waals surface area contributed by atoms with Crippen molar-refractivity contribution in [1.29, 1.82) is 0 Å². The molecule has 3 fully saturated rings. The van der Waals surface area contributed by atoms with Crippen LogP contribution in [-0.2, 0) is 9.53 Å². The van der Waals surface area contributed by atoms with Crippen LogP contribution in [0.1, 0.15) is 72.1 Å². The van der Waals surface area contributed by atoms with E-state index in [-0.39, 0.29) is 11.4 Å². The summed E-state index contributed by atoms with van der Waals surface area (Å²) in [5, 5.41) is 0. The Labute approximate surface area is 130 Å². The highest BCUT2D eigenvalue weighted by Crippen LogP contribution is 2.65. The van der Waals surface area contributed by atoms with Gasteiger partial charge in [-0.15, -0.1) is 0 Å². The van der Waals surface area contributed by atoms with Crippen LogP contribution in [0.25, 0.3) is 0 Å². The summed E-state index contributed by atoms with van der Waals surface area (Å²) in [6.45, 7) is 7.16. The van der Waals surface area contributed by atoms with Crippen LogP contribution in [0.15, 0.2) is 0 Å². The first kappa shape index (κ1) is 15.4. The Bertz CT molecular complexity index is 418. The molecule has 6 atom stereocenters. The quantitative estimate of drug-likeness (QED) is 0.648. The monoisotopic (exact) mass is 292 g/mol. The van der Waals surface area contributed by atoms with Crippen LogP contribution in [-0.4, -0.2) is 13.1 Å². The maximum Gasteiger partial charge on any atom is 0.311 e. The fourth-order valence-electron chi connectivity index (χ4n) is 6.52. The first-order valence-electron chi connectivity index (χ1n) is 9.03. The van der Waals surface area contributed by atoms with Crippen molar-refractivity contribution in [2.24, 2.45) is 34.5 Å². The van der Waals surface area contributed by atoms with Gasteiger partial charge in [0.25, 0.3) is 0 Å². The van der Waals surface area contributed by atoms with E-state index in [1.165, 1.54) is 44.9 Å². The molecule has 0 unspecified atom stereocenters. The van der Waals surface area contributed by atoms with E-state index in [4.69, 9.17) is 4.74 Å². The van der Waals surface area contributed by atoms with Crippen molar-refractivity contribution >= 4 is 5.97 Å². The van der Waals surface area contributed by atoms with E-state index >= 15 is 0 Å². The van der Waals surface area contributed by atoms with Gasteiger partial charge in [0.05, 0.1) is 12.5 Å². The Hall–Kier alpha value is -0.530. The summed E-state index contributed by atoms with van der Waals surface area (Å²) in [6.07, 6.45) is 10.4. The molecular formula is C19H32O2. The smallest absolute Gasteiger partial charge is 0.311 e. The van der Waals surface area contributed by atoms with E-state index in [9.17, 15) is 4.79 Å². The molecule has 2 heteroatoms. The summed E-state index contributed by atoms with van der Waals surface area (Å²) < 4.78 is 5.22. The normalized spacial score (nSPS) is 49.9. The van der Waals surface area contributed by atoms with Gasteiger partial charge in [0.1, 0.15) is 0 Å². The van der Waals surface area contributed by atoms with E-state index in [0.717, 1.165) is 24.2 Å². The largest absolute Gasteiger partial charge is 0.469 e. The molecule has 0 saturated heterocycles. The highest BCUT2D eigenvalue weighted by molar-refractivity contribution is 5.77. The van der Waals surface area contributed by atoms with Gasteiger partial charge in [0.2, 0.25) is 0 Å². The Morgan fingerprint density at radius 2 is 1.76 bits per heavy atom. The summed E-state index contributed by atoms with van der Waals surface area (Å²) in [5.74, 6) is 3.05. The fraction of sp³-hybridized carbons (Fsp3) is 0.947. The summed E-state index contributed by atoms with van der Waals surface area (Å²) in [5.41, 5.74) is 0.0863. The number of rotatable bonds is 1. The van der Waals surface area contributed by atoms with Gasteiger partial charge in [-0.25, -0.2) is 0 Å². The second-order valence-electron chi connectivity index (χ2n) is 8.50. The van der Waals surface area contributed by atoms with E-state index in [1.807, 2.05) is 0 Å². The van der Waals surface area contributed by atoms with Gasteiger partial charge in [-0.2, -0.15) is 0 Å². The van der Waals surface area contributed by atoms with E-state index in [1.54, 1.807) is 7.11 Å². The fourth-order valence-corrected chi connectivity index (χ4v) is 6.52. The highest BCUT2D eigenvalue weighted by Gasteiger charge is 2.61. The lowest BCUT2D eigenvalue weighted by Gasteiger charge is -2.62. The summed E-state index contributed by atoms with van der Waals surface area (Å²) >= 11 is 0. The molecule has 2 nitrogen and oxygen atoms in total. The zero-order valence-corrected chi connectivity index (χ0v) is 14.3. The lowest BCUT2D eigenvalue weighted by atomic mass is 9.41. The molecule has 0 amide bonds. The lowest BCUT2D eigenvalue weighted by Crippen LogP contribution is -2.58. The lowest BCUT2D eigenvalue weighted by molar-refractivity contribution is -0.184. The van der Waals surface area contributed by atoms with Crippen LogP contribution < -0.4 is 0 Å². The number of hydrogen-bond acceptors (Lipinski definition) is 2. The summed E-state index contributed by atoms with van der Waals surface area (Å²) in [7, 11) is 1.56. The minimum atomic E-state index is -0.252. The second-order valence-corrected chi connectivity index (χ2v) is 8.50. The van der Waals surface area contributed by atoms with Crippen molar-refractivity contribution in [3.8, 4) is 0 Å². The van der Waals surface area contributed by atoms with Gasteiger partial charge in [-0.3, -0.25) is 4.79 Å². The maximum atomic E-state index is 12.5. The molecule has 0 aliphatic heterocycles. The molecule has 120 valence electrons. The maximum absolute atomic E-state index is 12.5. The molecule has 0 heterocycles. The van der Waals surface area contributed by atoms with Crippen molar-refractivity contribution in [1.82, 2.24) is 0 Å². The Balaban J connectivity index is 1.98. The zero-order chi connectivity index (χ0) is 15.3. The zero-order valence-electron chi connectivity index (χ0n) is 14.3. The molecule has 3 rings (SSSR count). The van der Waals surface area contributed by atoms with E-state index in [2.05, 4.69) is 20.8 Å². The SMILES string of the molecule is COC(=O)[C@]1(C)CC[C@@H](C)[C@@]2(C)[C@@H]3CCCC[C@H]3CC[C@H]21. The summed E-state index contributed by atoms with van der Waals surface area (Å²) in [4.78, 5) is 12.5. The first-order chi connectivity index (χ1) is 9.94. The molecule has 0 spiro atoms. The van der Waals surface area contributed by atoms with Gasteiger partial charge < -0.3 is 4.74 Å². The Kier molecular flexibility index (Phi) is 3.86. The van der Waals surface area contributed by atoms with Crippen LogP contribution in [0.3, 0.4) is 0 Å². The van der Waals surface area contributed by atoms with Crippen molar-refractivity contribution in [3.63, 3.8) is 0 Å². The molecule has 3 aliphatic rings. The topological polar surface area (TPSA) is 26.3 Å². The minimum Gasteiger partial charge on any atom is -0.469 e. The van der Waals surface area contributed by atoms with Crippen molar-refractivity contribution in [2.45, 2.75) is 72.1 Å². The second kappa shape index (κ2) is 5.28. The van der Waals surface area contributed by atoms with E-state index in [0.29, 0.717) is 11.3 Å². The average Bonchev–Trinajstić information content (AvgIpc) is 2.51. The standard InChI is InChI=1S/C19H32O2/c1-13-11-12-18(2,17(20)21-4)16-10-9-14-7-5-6-8-15(14)19(13,16)3/h13-16H,5-12H2,1-4H3/t13-,14+,15-,16+,18-,19+/m1/s1. The Morgan fingerprint density at radius 1 is 1.05 bits per heavy atom.